The highest BCUT2D eigenvalue weighted by Crippen LogP contribution is 2.23. The second-order valence-corrected chi connectivity index (χ2v) is 5.33. The Balaban J connectivity index is 2.02. The number of hydrogen-bond donors (Lipinski definition) is 0. The zero-order valence-electron chi connectivity index (χ0n) is 7.61. The van der Waals surface area contributed by atoms with Gasteiger partial charge in [0.1, 0.15) is 6.61 Å². The molecule has 5 heteroatoms. The molecule has 0 saturated carbocycles. The van der Waals surface area contributed by atoms with Crippen molar-refractivity contribution in [1.82, 2.24) is 4.98 Å². The van der Waals surface area contributed by atoms with Crippen molar-refractivity contribution in [3.8, 4) is 5.75 Å². The first kappa shape index (κ1) is 10.6. The minimum absolute atomic E-state index is 0.182. The van der Waals surface area contributed by atoms with Crippen LogP contribution in [0, 0.1) is 5.95 Å². The topological polar surface area (TPSA) is 22.1 Å². The Morgan fingerprint density at radius 1 is 1.40 bits per heavy atom. The van der Waals surface area contributed by atoms with E-state index in [-0.39, 0.29) is 5.75 Å². The summed E-state index contributed by atoms with van der Waals surface area (Å²) in [4.78, 5) is 4.53. The van der Waals surface area contributed by atoms with Gasteiger partial charge in [0.25, 0.3) is 5.95 Å². The number of thiophene rings is 1. The van der Waals surface area contributed by atoms with Crippen molar-refractivity contribution in [3.05, 3.63) is 45.1 Å². The van der Waals surface area contributed by atoms with Crippen molar-refractivity contribution < 1.29 is 9.13 Å². The maximum absolute atomic E-state index is 13.1. The van der Waals surface area contributed by atoms with Crippen LogP contribution in [0.25, 0.3) is 0 Å². The van der Waals surface area contributed by atoms with Crippen molar-refractivity contribution in [2.24, 2.45) is 0 Å². The third-order valence-corrected chi connectivity index (χ3v) is 3.32. The average Bonchev–Trinajstić information content (AvgIpc) is 2.63. The second-order valence-electron chi connectivity index (χ2n) is 2.79. The Labute approximate surface area is 98.9 Å². The van der Waals surface area contributed by atoms with Crippen molar-refractivity contribution in [1.29, 1.82) is 0 Å². The molecule has 0 aliphatic carbocycles. The Bertz CT molecular complexity index is 460. The number of halogens is 2. The van der Waals surface area contributed by atoms with E-state index in [1.165, 1.54) is 6.20 Å². The summed E-state index contributed by atoms with van der Waals surface area (Å²) in [5.41, 5.74) is 0. The van der Waals surface area contributed by atoms with Crippen LogP contribution in [0.5, 0.6) is 5.75 Å². The van der Waals surface area contributed by atoms with Gasteiger partial charge in [-0.2, -0.15) is 4.39 Å². The molecular weight excluding hydrogens is 281 g/mol. The molecular formula is C10H7BrFNOS. The molecule has 0 aromatic carbocycles. The molecule has 2 rings (SSSR count). The van der Waals surface area contributed by atoms with Gasteiger partial charge in [-0.05, 0) is 40.2 Å². The lowest BCUT2D eigenvalue weighted by atomic mass is 10.4. The van der Waals surface area contributed by atoms with Crippen LogP contribution in [0.4, 0.5) is 4.39 Å². The van der Waals surface area contributed by atoms with Crippen molar-refractivity contribution in [2.45, 2.75) is 6.61 Å². The maximum Gasteiger partial charge on any atom is 0.255 e. The molecule has 0 aliphatic rings. The zero-order chi connectivity index (χ0) is 10.7. The third-order valence-electron chi connectivity index (χ3n) is 1.72. The monoisotopic (exact) mass is 287 g/mol. The number of pyridine rings is 1. The highest BCUT2D eigenvalue weighted by Gasteiger charge is 2.04. The highest BCUT2D eigenvalue weighted by molar-refractivity contribution is 9.11. The summed E-state index contributed by atoms with van der Waals surface area (Å²) in [6.07, 6.45) is 1.39. The first-order valence-corrected chi connectivity index (χ1v) is 5.84. The van der Waals surface area contributed by atoms with Crippen LogP contribution in [-0.4, -0.2) is 4.98 Å². The maximum atomic E-state index is 13.1. The lowest BCUT2D eigenvalue weighted by Gasteiger charge is -2.03. The van der Waals surface area contributed by atoms with Crippen LogP contribution < -0.4 is 4.74 Å². The Morgan fingerprint density at radius 2 is 2.27 bits per heavy atom. The molecule has 0 aliphatic heterocycles. The predicted octanol–water partition coefficient (Wildman–Crippen LogP) is 3.62. The molecule has 2 nitrogen and oxygen atoms in total. The van der Waals surface area contributed by atoms with E-state index < -0.39 is 5.95 Å². The van der Waals surface area contributed by atoms with E-state index >= 15 is 0 Å². The van der Waals surface area contributed by atoms with Crippen LogP contribution in [0.3, 0.4) is 0 Å². The fourth-order valence-corrected chi connectivity index (χ4v) is 2.45. The summed E-state index contributed by atoms with van der Waals surface area (Å²) < 4.78 is 19.4. The van der Waals surface area contributed by atoms with Gasteiger partial charge in [-0.3, -0.25) is 0 Å². The third kappa shape index (κ3) is 2.76. The van der Waals surface area contributed by atoms with Gasteiger partial charge in [0.05, 0.1) is 3.79 Å². The summed E-state index contributed by atoms with van der Waals surface area (Å²) in [6, 6.07) is 7.07. The first-order valence-electron chi connectivity index (χ1n) is 4.23. The minimum atomic E-state index is -0.576. The standard InChI is InChI=1S/C10H7BrFNOS/c11-9-4-3-7(15-9)6-14-8-2-1-5-13-10(8)12/h1-5H,6H2. The van der Waals surface area contributed by atoms with Crippen LogP contribution in [0.2, 0.25) is 0 Å². The second kappa shape index (κ2) is 4.72. The Kier molecular flexibility index (Phi) is 3.33. The first-order chi connectivity index (χ1) is 7.25. The molecule has 0 spiro atoms. The lowest BCUT2D eigenvalue weighted by molar-refractivity contribution is 0.289. The van der Waals surface area contributed by atoms with Gasteiger partial charge in [-0.1, -0.05) is 0 Å². The zero-order valence-corrected chi connectivity index (χ0v) is 10.0. The minimum Gasteiger partial charge on any atom is -0.483 e. The molecule has 0 unspecified atom stereocenters. The molecule has 2 aromatic rings. The van der Waals surface area contributed by atoms with Crippen LogP contribution in [-0.2, 0) is 6.61 Å². The summed E-state index contributed by atoms with van der Waals surface area (Å²) in [6.45, 7) is 0.360. The molecule has 0 bridgehead atoms. The molecule has 78 valence electrons. The normalized spacial score (nSPS) is 10.3. The fraction of sp³-hybridized carbons (Fsp3) is 0.100. The lowest BCUT2D eigenvalue weighted by Crippen LogP contribution is -1.96. The summed E-state index contributed by atoms with van der Waals surface area (Å²) in [7, 11) is 0. The van der Waals surface area contributed by atoms with Gasteiger partial charge in [0.2, 0.25) is 0 Å². The van der Waals surface area contributed by atoms with Crippen molar-refractivity contribution >= 4 is 27.3 Å². The number of ether oxygens (including phenoxy) is 1. The largest absolute Gasteiger partial charge is 0.483 e. The van der Waals surface area contributed by atoms with Gasteiger partial charge in [0, 0.05) is 11.1 Å². The van der Waals surface area contributed by atoms with Crippen LogP contribution in [0.15, 0.2) is 34.2 Å². The Morgan fingerprint density at radius 3 is 2.93 bits per heavy atom. The van der Waals surface area contributed by atoms with E-state index in [0.29, 0.717) is 6.61 Å². The predicted molar refractivity (Wildman–Crippen MR) is 60.5 cm³/mol. The Hall–Kier alpha value is -0.940. The highest BCUT2D eigenvalue weighted by atomic mass is 79.9. The van der Waals surface area contributed by atoms with Crippen LogP contribution in [0.1, 0.15) is 4.88 Å². The molecule has 0 atom stereocenters. The van der Waals surface area contributed by atoms with Gasteiger partial charge in [-0.15, -0.1) is 11.3 Å². The fourth-order valence-electron chi connectivity index (χ4n) is 1.06. The van der Waals surface area contributed by atoms with Gasteiger partial charge in [-0.25, -0.2) is 4.98 Å². The van der Waals surface area contributed by atoms with E-state index in [1.54, 1.807) is 23.5 Å². The average molecular weight is 288 g/mol. The van der Waals surface area contributed by atoms with Crippen LogP contribution >= 0.6 is 27.3 Å². The van der Waals surface area contributed by atoms with E-state index in [9.17, 15) is 4.39 Å². The van der Waals surface area contributed by atoms with Crippen molar-refractivity contribution in [3.63, 3.8) is 0 Å². The smallest absolute Gasteiger partial charge is 0.255 e. The summed E-state index contributed by atoms with van der Waals surface area (Å²) in [5, 5.41) is 0. The molecule has 2 heterocycles. The molecule has 0 saturated heterocycles. The SMILES string of the molecule is Fc1ncccc1OCc1ccc(Br)s1. The van der Waals surface area contributed by atoms with E-state index in [1.807, 2.05) is 12.1 Å². The molecule has 0 fully saturated rings. The van der Waals surface area contributed by atoms with Gasteiger partial charge in [0.15, 0.2) is 5.75 Å². The number of aromatic nitrogens is 1. The van der Waals surface area contributed by atoms with Crippen molar-refractivity contribution in [2.75, 3.05) is 0 Å². The molecule has 0 radical (unpaired) electrons. The van der Waals surface area contributed by atoms with E-state index in [0.717, 1.165) is 8.66 Å². The molecule has 0 amide bonds. The van der Waals surface area contributed by atoms with Gasteiger partial charge < -0.3 is 4.74 Å². The van der Waals surface area contributed by atoms with Gasteiger partial charge >= 0.3 is 0 Å². The summed E-state index contributed by atoms with van der Waals surface area (Å²) in [5.74, 6) is -0.393. The van der Waals surface area contributed by atoms with E-state index in [4.69, 9.17) is 4.74 Å². The number of nitrogens with zero attached hydrogens (tertiary/aromatic N) is 1. The number of hydrogen-bond acceptors (Lipinski definition) is 3. The van der Waals surface area contributed by atoms with E-state index in [2.05, 4.69) is 20.9 Å². The number of rotatable bonds is 3. The molecule has 2 aromatic heterocycles. The molecule has 15 heavy (non-hydrogen) atoms. The summed E-state index contributed by atoms with van der Waals surface area (Å²) >= 11 is 4.91. The molecule has 0 N–H and O–H groups in total. The quantitative estimate of drug-likeness (QED) is 0.805.